The molecular formula is C14H18N4O2S2. The van der Waals surface area contributed by atoms with Gasteiger partial charge in [-0.1, -0.05) is 11.8 Å². The molecule has 22 heavy (non-hydrogen) atoms. The summed E-state index contributed by atoms with van der Waals surface area (Å²) in [5.74, 6) is 0.670. The van der Waals surface area contributed by atoms with Gasteiger partial charge in [0.1, 0.15) is 0 Å². The lowest BCUT2D eigenvalue weighted by Gasteiger charge is -2.14. The molecule has 2 aromatic heterocycles. The smallest absolute Gasteiger partial charge is 0.227 e. The topological polar surface area (TPSA) is 83.0 Å². The fraction of sp³-hybridized carbons (Fsp3) is 0.500. The van der Waals surface area contributed by atoms with Gasteiger partial charge >= 0.3 is 0 Å². The van der Waals surface area contributed by atoms with E-state index in [0.29, 0.717) is 11.7 Å². The molecule has 0 saturated carbocycles. The molecule has 2 aromatic rings. The monoisotopic (exact) mass is 338 g/mol. The van der Waals surface area contributed by atoms with E-state index in [-0.39, 0.29) is 17.8 Å². The van der Waals surface area contributed by atoms with E-state index in [1.54, 1.807) is 11.3 Å². The second kappa shape index (κ2) is 6.80. The van der Waals surface area contributed by atoms with Crippen molar-refractivity contribution < 1.29 is 9.53 Å². The lowest BCUT2D eigenvalue weighted by molar-refractivity contribution is -0.115. The molecule has 1 amide bonds. The Balaban J connectivity index is 1.89. The van der Waals surface area contributed by atoms with Crippen LogP contribution in [-0.4, -0.2) is 39.1 Å². The van der Waals surface area contributed by atoms with Crippen LogP contribution in [0.3, 0.4) is 0 Å². The third-order valence-electron chi connectivity index (χ3n) is 3.46. The van der Waals surface area contributed by atoms with Crippen LogP contribution in [0.15, 0.2) is 16.6 Å². The zero-order valence-corrected chi connectivity index (χ0v) is 14.0. The Morgan fingerprint density at radius 2 is 2.45 bits per heavy atom. The molecule has 1 fully saturated rings. The third-order valence-corrected chi connectivity index (χ3v) is 5.31. The predicted octanol–water partition coefficient (Wildman–Crippen LogP) is 2.07. The molecule has 0 aliphatic carbocycles. The summed E-state index contributed by atoms with van der Waals surface area (Å²) in [7, 11) is 0. The molecule has 1 aliphatic rings. The second-order valence-corrected chi connectivity index (χ2v) is 7.31. The maximum Gasteiger partial charge on any atom is 0.227 e. The van der Waals surface area contributed by atoms with Crippen molar-refractivity contribution >= 4 is 29.0 Å². The van der Waals surface area contributed by atoms with E-state index in [1.165, 1.54) is 16.6 Å². The van der Waals surface area contributed by atoms with Crippen molar-refractivity contribution in [2.75, 3.05) is 12.4 Å². The second-order valence-electron chi connectivity index (χ2n) is 5.25. The molecule has 3 heterocycles. The summed E-state index contributed by atoms with van der Waals surface area (Å²) < 4.78 is 7.77. The first-order chi connectivity index (χ1) is 10.6. The molecule has 8 heteroatoms. The number of carbonyl (C=O) groups excluding carboxylic acids is 1. The number of hydrogen-bond donors (Lipinski definition) is 1. The molecule has 2 N–H and O–H groups in total. The summed E-state index contributed by atoms with van der Waals surface area (Å²) in [6.45, 7) is 3.58. The van der Waals surface area contributed by atoms with Crippen molar-refractivity contribution in [1.82, 2.24) is 14.8 Å². The molecule has 0 aromatic carbocycles. The fourth-order valence-corrected chi connectivity index (χ4v) is 3.83. The van der Waals surface area contributed by atoms with Gasteiger partial charge in [-0.05, 0) is 25.8 Å². The van der Waals surface area contributed by atoms with Crippen molar-refractivity contribution in [2.24, 2.45) is 5.73 Å². The number of aryl methyl sites for hydroxylation is 1. The van der Waals surface area contributed by atoms with Gasteiger partial charge in [-0.25, -0.2) is 0 Å². The predicted molar refractivity (Wildman–Crippen MR) is 87.0 cm³/mol. The number of nitrogens with zero attached hydrogens (tertiary/aromatic N) is 3. The summed E-state index contributed by atoms with van der Waals surface area (Å²) in [4.78, 5) is 12.3. The van der Waals surface area contributed by atoms with Gasteiger partial charge in [0, 0.05) is 22.4 Å². The highest BCUT2D eigenvalue weighted by atomic mass is 32.2. The third kappa shape index (κ3) is 3.50. The highest BCUT2D eigenvalue weighted by Crippen LogP contribution is 2.29. The zero-order chi connectivity index (χ0) is 15.5. The number of aromatic nitrogens is 3. The van der Waals surface area contributed by atoms with Crippen LogP contribution in [0.25, 0.3) is 11.4 Å². The van der Waals surface area contributed by atoms with E-state index in [9.17, 15) is 4.79 Å². The molecule has 0 spiro atoms. The minimum atomic E-state index is -0.357. The largest absolute Gasteiger partial charge is 0.376 e. The first-order valence-corrected chi connectivity index (χ1v) is 9.01. The highest BCUT2D eigenvalue weighted by Gasteiger charge is 2.22. The van der Waals surface area contributed by atoms with Gasteiger partial charge in [0.2, 0.25) is 5.91 Å². The van der Waals surface area contributed by atoms with Crippen molar-refractivity contribution in [1.29, 1.82) is 0 Å². The summed E-state index contributed by atoms with van der Waals surface area (Å²) >= 11 is 3.01. The van der Waals surface area contributed by atoms with Gasteiger partial charge in [0.05, 0.1) is 18.4 Å². The number of rotatable bonds is 6. The molecule has 0 bridgehead atoms. The Morgan fingerprint density at radius 1 is 1.59 bits per heavy atom. The fourth-order valence-electron chi connectivity index (χ4n) is 2.46. The quantitative estimate of drug-likeness (QED) is 0.815. The Morgan fingerprint density at radius 3 is 3.09 bits per heavy atom. The number of amides is 1. The Labute approximate surface area is 137 Å². The molecular weight excluding hydrogens is 320 g/mol. The van der Waals surface area contributed by atoms with Gasteiger partial charge in [-0.2, -0.15) is 0 Å². The van der Waals surface area contributed by atoms with Gasteiger partial charge in [-0.3, -0.25) is 9.36 Å². The average molecular weight is 338 g/mol. The minimum absolute atomic E-state index is 0.183. The van der Waals surface area contributed by atoms with Crippen LogP contribution in [-0.2, 0) is 16.1 Å². The Bertz CT molecular complexity index is 662. The summed E-state index contributed by atoms with van der Waals surface area (Å²) in [6, 6.07) is 2.10. The van der Waals surface area contributed by atoms with Gasteiger partial charge in [0.25, 0.3) is 0 Å². The highest BCUT2D eigenvalue weighted by molar-refractivity contribution is 7.99. The number of primary amides is 1. The average Bonchev–Trinajstić information content (AvgIpc) is 3.18. The Hall–Kier alpha value is -1.38. The number of hydrogen-bond acceptors (Lipinski definition) is 6. The molecule has 118 valence electrons. The summed E-state index contributed by atoms with van der Waals surface area (Å²) in [5, 5.41) is 11.3. The standard InChI is InChI=1S/C14H18N4O2S2/c1-9-5-10(7-21-9)13-16-17-14(22-8-12(15)19)18(13)6-11-3-2-4-20-11/h5,7,11H,2-4,6,8H2,1H3,(H2,15,19). The van der Waals surface area contributed by atoms with Crippen molar-refractivity contribution in [3.8, 4) is 11.4 Å². The van der Waals surface area contributed by atoms with Crippen LogP contribution in [0.4, 0.5) is 0 Å². The van der Waals surface area contributed by atoms with Crippen molar-refractivity contribution in [2.45, 2.75) is 37.6 Å². The lowest BCUT2D eigenvalue weighted by atomic mass is 10.2. The lowest BCUT2D eigenvalue weighted by Crippen LogP contribution is -2.18. The van der Waals surface area contributed by atoms with Gasteiger partial charge < -0.3 is 10.5 Å². The first kappa shape index (κ1) is 15.5. The molecule has 1 unspecified atom stereocenters. The van der Waals surface area contributed by atoms with E-state index in [1.807, 2.05) is 4.57 Å². The summed E-state index contributed by atoms with van der Waals surface area (Å²) in [6.07, 6.45) is 2.31. The number of ether oxygens (including phenoxy) is 1. The normalized spacial score (nSPS) is 18.0. The number of carbonyl (C=O) groups is 1. The van der Waals surface area contributed by atoms with E-state index in [4.69, 9.17) is 10.5 Å². The van der Waals surface area contributed by atoms with Crippen LogP contribution in [0.2, 0.25) is 0 Å². The number of thioether (sulfide) groups is 1. The number of thiophene rings is 1. The Kier molecular flexibility index (Phi) is 4.80. The van der Waals surface area contributed by atoms with E-state index < -0.39 is 0 Å². The minimum Gasteiger partial charge on any atom is -0.376 e. The maximum atomic E-state index is 11.0. The zero-order valence-electron chi connectivity index (χ0n) is 12.3. The van der Waals surface area contributed by atoms with Crippen LogP contribution >= 0.6 is 23.1 Å². The van der Waals surface area contributed by atoms with E-state index >= 15 is 0 Å². The molecule has 1 atom stereocenters. The van der Waals surface area contributed by atoms with Gasteiger partial charge in [0.15, 0.2) is 11.0 Å². The first-order valence-electron chi connectivity index (χ1n) is 7.15. The van der Waals surface area contributed by atoms with Gasteiger partial charge in [-0.15, -0.1) is 21.5 Å². The van der Waals surface area contributed by atoms with Crippen LogP contribution in [0, 0.1) is 6.92 Å². The molecule has 1 aliphatic heterocycles. The van der Waals surface area contributed by atoms with E-state index in [2.05, 4.69) is 28.6 Å². The molecule has 6 nitrogen and oxygen atoms in total. The van der Waals surface area contributed by atoms with Crippen LogP contribution in [0.5, 0.6) is 0 Å². The summed E-state index contributed by atoms with van der Waals surface area (Å²) in [5.41, 5.74) is 6.29. The van der Waals surface area contributed by atoms with E-state index in [0.717, 1.165) is 30.8 Å². The van der Waals surface area contributed by atoms with Crippen LogP contribution in [0.1, 0.15) is 17.7 Å². The van der Waals surface area contributed by atoms with Crippen molar-refractivity contribution in [3.05, 3.63) is 16.3 Å². The van der Waals surface area contributed by atoms with Crippen molar-refractivity contribution in [3.63, 3.8) is 0 Å². The van der Waals surface area contributed by atoms with Crippen LogP contribution < -0.4 is 5.73 Å². The SMILES string of the molecule is Cc1cc(-c2nnc(SCC(N)=O)n2CC2CCCO2)cs1. The molecule has 0 radical (unpaired) electrons. The maximum absolute atomic E-state index is 11.0. The molecule has 1 saturated heterocycles. The molecule has 3 rings (SSSR count). The number of nitrogens with two attached hydrogens (primary N) is 1.